The van der Waals surface area contributed by atoms with Gasteiger partial charge in [-0.25, -0.2) is 0 Å². The van der Waals surface area contributed by atoms with Gasteiger partial charge in [-0.05, 0) is 43.4 Å². The van der Waals surface area contributed by atoms with Gasteiger partial charge in [0.1, 0.15) is 5.75 Å². The van der Waals surface area contributed by atoms with Crippen LogP contribution in [0.25, 0.3) is 0 Å². The van der Waals surface area contributed by atoms with Crippen LogP contribution in [0.2, 0.25) is 0 Å². The number of amides is 1. The SMILES string of the molecule is Cc1ccc(OCC(=O)NNC(=S)Nc2ccccc2)cc1. The first-order valence-corrected chi connectivity index (χ1v) is 7.14. The fraction of sp³-hybridized carbons (Fsp3) is 0.125. The molecule has 0 bridgehead atoms. The minimum absolute atomic E-state index is 0.0932. The number of carbonyl (C=O) groups is 1. The van der Waals surface area contributed by atoms with Crippen molar-refractivity contribution in [1.29, 1.82) is 0 Å². The summed E-state index contributed by atoms with van der Waals surface area (Å²) < 4.78 is 5.36. The number of thiocarbonyl (C=S) groups is 1. The Morgan fingerprint density at radius 2 is 1.73 bits per heavy atom. The average molecular weight is 315 g/mol. The standard InChI is InChI=1S/C16H17N3O2S/c1-12-7-9-14(10-8-12)21-11-15(20)18-19-16(22)17-13-5-3-2-4-6-13/h2-10H,11H2,1H3,(H,18,20)(H2,17,19,22). The van der Waals surface area contributed by atoms with Crippen LogP contribution in [0.5, 0.6) is 5.75 Å². The number of carbonyl (C=O) groups excluding carboxylic acids is 1. The summed E-state index contributed by atoms with van der Waals surface area (Å²) in [6, 6.07) is 16.9. The lowest BCUT2D eigenvalue weighted by Crippen LogP contribution is -2.45. The number of hydrogen-bond acceptors (Lipinski definition) is 3. The average Bonchev–Trinajstić information content (AvgIpc) is 2.53. The highest BCUT2D eigenvalue weighted by molar-refractivity contribution is 7.80. The molecular weight excluding hydrogens is 298 g/mol. The third kappa shape index (κ3) is 5.41. The fourth-order valence-corrected chi connectivity index (χ4v) is 1.80. The molecule has 0 saturated heterocycles. The zero-order valence-electron chi connectivity index (χ0n) is 12.1. The minimum Gasteiger partial charge on any atom is -0.484 e. The molecule has 0 radical (unpaired) electrons. The van der Waals surface area contributed by atoms with Crippen LogP contribution in [0.3, 0.4) is 0 Å². The molecule has 2 aromatic rings. The first-order chi connectivity index (χ1) is 10.6. The Kier molecular flexibility index (Phi) is 5.73. The Balaban J connectivity index is 1.69. The van der Waals surface area contributed by atoms with Crippen LogP contribution >= 0.6 is 12.2 Å². The van der Waals surface area contributed by atoms with E-state index in [4.69, 9.17) is 17.0 Å². The van der Waals surface area contributed by atoms with Crippen molar-refractivity contribution in [3.63, 3.8) is 0 Å². The lowest BCUT2D eigenvalue weighted by atomic mass is 10.2. The van der Waals surface area contributed by atoms with Gasteiger partial charge < -0.3 is 10.1 Å². The maximum atomic E-state index is 11.7. The number of rotatable bonds is 4. The monoisotopic (exact) mass is 315 g/mol. The van der Waals surface area contributed by atoms with Crippen molar-refractivity contribution in [1.82, 2.24) is 10.9 Å². The van der Waals surface area contributed by atoms with E-state index in [-0.39, 0.29) is 12.5 Å². The van der Waals surface area contributed by atoms with Crippen molar-refractivity contribution >= 4 is 28.9 Å². The van der Waals surface area contributed by atoms with E-state index in [1.54, 1.807) is 0 Å². The van der Waals surface area contributed by atoms with E-state index in [0.29, 0.717) is 10.9 Å². The number of hydrazine groups is 1. The zero-order chi connectivity index (χ0) is 15.8. The van der Waals surface area contributed by atoms with E-state index in [1.807, 2.05) is 61.5 Å². The topological polar surface area (TPSA) is 62.4 Å². The van der Waals surface area contributed by atoms with Gasteiger partial charge in [0.15, 0.2) is 11.7 Å². The van der Waals surface area contributed by atoms with Crippen LogP contribution in [-0.4, -0.2) is 17.6 Å². The lowest BCUT2D eigenvalue weighted by molar-refractivity contribution is -0.123. The van der Waals surface area contributed by atoms with Gasteiger partial charge in [0.05, 0.1) is 0 Å². The van der Waals surface area contributed by atoms with Crippen molar-refractivity contribution < 1.29 is 9.53 Å². The molecule has 0 unspecified atom stereocenters. The first-order valence-electron chi connectivity index (χ1n) is 6.74. The number of benzene rings is 2. The van der Waals surface area contributed by atoms with Gasteiger partial charge in [-0.3, -0.25) is 15.6 Å². The smallest absolute Gasteiger partial charge is 0.276 e. The number of anilines is 1. The molecule has 0 atom stereocenters. The second-order valence-electron chi connectivity index (χ2n) is 4.60. The molecule has 1 amide bonds. The Morgan fingerprint density at radius 1 is 1.05 bits per heavy atom. The summed E-state index contributed by atoms with van der Waals surface area (Å²) in [6.45, 7) is 1.89. The Labute approximate surface area is 134 Å². The predicted octanol–water partition coefficient (Wildman–Crippen LogP) is 2.39. The minimum atomic E-state index is -0.321. The normalized spacial score (nSPS) is 9.68. The summed E-state index contributed by atoms with van der Waals surface area (Å²) in [5.74, 6) is 0.323. The third-order valence-electron chi connectivity index (χ3n) is 2.74. The largest absolute Gasteiger partial charge is 0.484 e. The fourth-order valence-electron chi connectivity index (χ4n) is 1.63. The number of hydrogen-bond donors (Lipinski definition) is 3. The summed E-state index contributed by atoms with van der Waals surface area (Å²) in [6.07, 6.45) is 0. The Bertz CT molecular complexity index is 630. The third-order valence-corrected chi connectivity index (χ3v) is 2.94. The van der Waals surface area contributed by atoms with Gasteiger partial charge in [0.2, 0.25) is 0 Å². The van der Waals surface area contributed by atoms with E-state index in [0.717, 1.165) is 11.3 Å². The molecule has 22 heavy (non-hydrogen) atoms. The van der Waals surface area contributed by atoms with Gasteiger partial charge in [0, 0.05) is 5.69 Å². The van der Waals surface area contributed by atoms with E-state index < -0.39 is 0 Å². The maximum Gasteiger partial charge on any atom is 0.276 e. The van der Waals surface area contributed by atoms with Crippen molar-refractivity contribution in [2.75, 3.05) is 11.9 Å². The number of ether oxygens (including phenoxy) is 1. The Morgan fingerprint density at radius 3 is 2.41 bits per heavy atom. The molecule has 0 heterocycles. The Hall–Kier alpha value is -2.60. The maximum absolute atomic E-state index is 11.7. The van der Waals surface area contributed by atoms with Crippen molar-refractivity contribution in [3.05, 3.63) is 60.2 Å². The van der Waals surface area contributed by atoms with Crippen LogP contribution in [-0.2, 0) is 4.79 Å². The molecule has 114 valence electrons. The summed E-state index contributed by atoms with van der Waals surface area (Å²) in [5.41, 5.74) is 7.06. The zero-order valence-corrected chi connectivity index (χ0v) is 12.9. The molecule has 0 spiro atoms. The molecule has 5 nitrogen and oxygen atoms in total. The molecule has 3 N–H and O–H groups in total. The molecule has 2 rings (SSSR count). The van der Waals surface area contributed by atoms with Crippen LogP contribution < -0.4 is 20.9 Å². The molecular formula is C16H17N3O2S. The van der Waals surface area contributed by atoms with Crippen LogP contribution in [0, 0.1) is 6.92 Å². The second kappa shape index (κ2) is 7.99. The summed E-state index contributed by atoms with van der Waals surface area (Å²) >= 11 is 5.07. The number of nitrogens with one attached hydrogen (secondary N) is 3. The number of para-hydroxylation sites is 1. The highest BCUT2D eigenvalue weighted by Crippen LogP contribution is 2.10. The molecule has 0 aliphatic rings. The van der Waals surface area contributed by atoms with Crippen molar-refractivity contribution in [2.45, 2.75) is 6.92 Å². The van der Waals surface area contributed by atoms with Gasteiger partial charge in [0.25, 0.3) is 5.91 Å². The summed E-state index contributed by atoms with van der Waals surface area (Å²) in [5, 5.41) is 3.24. The molecule has 2 aromatic carbocycles. The highest BCUT2D eigenvalue weighted by Gasteiger charge is 2.03. The first kappa shape index (κ1) is 15.8. The van der Waals surface area contributed by atoms with E-state index in [9.17, 15) is 4.79 Å². The van der Waals surface area contributed by atoms with Gasteiger partial charge >= 0.3 is 0 Å². The van der Waals surface area contributed by atoms with Gasteiger partial charge in [-0.1, -0.05) is 35.9 Å². The van der Waals surface area contributed by atoms with Crippen molar-refractivity contribution in [3.8, 4) is 5.75 Å². The van der Waals surface area contributed by atoms with Crippen LogP contribution in [0.1, 0.15) is 5.56 Å². The number of aryl methyl sites for hydroxylation is 1. The van der Waals surface area contributed by atoms with Crippen LogP contribution in [0.4, 0.5) is 5.69 Å². The van der Waals surface area contributed by atoms with Gasteiger partial charge in [-0.15, -0.1) is 0 Å². The summed E-state index contributed by atoms with van der Waals surface area (Å²) in [4.78, 5) is 11.7. The lowest BCUT2D eigenvalue weighted by Gasteiger charge is -2.12. The second-order valence-corrected chi connectivity index (χ2v) is 5.00. The van der Waals surface area contributed by atoms with Crippen LogP contribution in [0.15, 0.2) is 54.6 Å². The van der Waals surface area contributed by atoms with Crippen molar-refractivity contribution in [2.24, 2.45) is 0 Å². The van der Waals surface area contributed by atoms with Gasteiger partial charge in [-0.2, -0.15) is 0 Å². The molecule has 0 fully saturated rings. The van der Waals surface area contributed by atoms with E-state index in [2.05, 4.69) is 16.2 Å². The molecule has 6 heteroatoms. The molecule has 0 saturated carbocycles. The summed E-state index contributed by atoms with van der Waals surface area (Å²) in [7, 11) is 0. The quantitative estimate of drug-likeness (QED) is 0.597. The molecule has 0 aromatic heterocycles. The predicted molar refractivity (Wildman–Crippen MR) is 90.6 cm³/mol. The van der Waals surface area contributed by atoms with E-state index >= 15 is 0 Å². The highest BCUT2D eigenvalue weighted by atomic mass is 32.1. The molecule has 0 aliphatic carbocycles. The van der Waals surface area contributed by atoms with E-state index in [1.165, 1.54) is 0 Å². The molecule has 0 aliphatic heterocycles.